The van der Waals surface area contributed by atoms with Gasteiger partial charge in [0.05, 0.1) is 17.3 Å². The second kappa shape index (κ2) is 9.74. The van der Waals surface area contributed by atoms with E-state index < -0.39 is 5.97 Å². The summed E-state index contributed by atoms with van der Waals surface area (Å²) in [6.45, 7) is 1.23. The number of aliphatic hydroxyl groups is 1. The van der Waals surface area contributed by atoms with Crippen molar-refractivity contribution in [1.82, 2.24) is 20.2 Å². The van der Waals surface area contributed by atoms with Crippen molar-refractivity contribution in [2.75, 3.05) is 17.7 Å². The first-order valence-corrected chi connectivity index (χ1v) is 8.11. The number of nitrogens with zero attached hydrogens (tertiary/aromatic N) is 3. The molecule has 0 atom stereocenters. The molecule has 6 N–H and O–H groups in total. The van der Waals surface area contributed by atoms with E-state index in [1.807, 2.05) is 12.1 Å². The molecule has 9 heteroatoms. The highest BCUT2D eigenvalue weighted by Gasteiger charge is 2.05. The number of aliphatic hydroxyl groups excluding tert-OH is 1. The Kier molecular flexibility index (Phi) is 7.10. The van der Waals surface area contributed by atoms with Gasteiger partial charge in [0, 0.05) is 37.2 Å². The molecule has 0 aliphatic rings. The molecule has 1 aromatic carbocycles. The number of carboxylic acids is 1. The van der Waals surface area contributed by atoms with Crippen LogP contribution in [0.4, 0.5) is 17.5 Å². The Hall–Kier alpha value is -3.64. The number of fused-ring (bicyclic) bond motifs is 1. The van der Waals surface area contributed by atoms with Crippen LogP contribution in [0.5, 0.6) is 0 Å². The maximum Gasteiger partial charge on any atom is 0.300 e. The molecule has 0 amide bonds. The van der Waals surface area contributed by atoms with E-state index in [0.29, 0.717) is 18.7 Å². The Morgan fingerprint density at radius 2 is 2.19 bits per heavy atom. The first-order valence-electron chi connectivity index (χ1n) is 8.11. The molecule has 140 valence electrons. The van der Waals surface area contributed by atoms with Crippen LogP contribution < -0.4 is 11.1 Å². The van der Waals surface area contributed by atoms with Gasteiger partial charge in [-0.3, -0.25) is 9.89 Å². The largest absolute Gasteiger partial charge is 0.481 e. The number of anilines is 3. The standard InChI is InChI=1S/C16H16N6O.C2H4O2/c17-16-18-6-5-14(21-16)20-13-8-11(4-2-1-3-7-23)15-12(9-13)10-19-22-15;1-2(3)4/h5-6,8-10,23H,1,3,7H2,(H,19,22)(H3,17,18,20,21);1H3,(H,3,4). The molecule has 0 aliphatic carbocycles. The SMILES string of the molecule is CC(=O)O.Nc1nccc(Nc2cc(C#CCCCO)c3[nH]ncc3c2)n1. The number of hydrogen-bond acceptors (Lipinski definition) is 7. The lowest BCUT2D eigenvalue weighted by atomic mass is 10.1. The monoisotopic (exact) mass is 368 g/mol. The molecule has 0 radical (unpaired) electrons. The van der Waals surface area contributed by atoms with E-state index in [4.69, 9.17) is 20.7 Å². The summed E-state index contributed by atoms with van der Waals surface area (Å²) in [5, 5.41) is 27.4. The fourth-order valence-corrected chi connectivity index (χ4v) is 2.14. The number of benzene rings is 1. The van der Waals surface area contributed by atoms with Crippen LogP contribution in [0, 0.1) is 11.8 Å². The lowest BCUT2D eigenvalue weighted by molar-refractivity contribution is -0.134. The van der Waals surface area contributed by atoms with Crippen molar-refractivity contribution in [3.05, 3.63) is 36.2 Å². The maximum atomic E-state index is 9.00. The molecule has 3 aromatic rings. The van der Waals surface area contributed by atoms with Gasteiger partial charge < -0.3 is 21.3 Å². The van der Waals surface area contributed by atoms with Crippen LogP contribution in [-0.2, 0) is 4.79 Å². The van der Waals surface area contributed by atoms with Crippen LogP contribution in [0.1, 0.15) is 25.3 Å². The summed E-state index contributed by atoms with van der Waals surface area (Å²) in [5.41, 5.74) is 8.15. The third-order valence-corrected chi connectivity index (χ3v) is 3.18. The van der Waals surface area contributed by atoms with E-state index in [1.54, 1.807) is 18.5 Å². The Balaban J connectivity index is 0.000000596. The smallest absolute Gasteiger partial charge is 0.300 e. The molecule has 0 unspecified atom stereocenters. The first-order chi connectivity index (χ1) is 13.0. The summed E-state index contributed by atoms with van der Waals surface area (Å²) in [6, 6.07) is 5.61. The number of carbonyl (C=O) groups is 1. The van der Waals surface area contributed by atoms with E-state index in [2.05, 4.69) is 37.3 Å². The normalized spacial score (nSPS) is 9.70. The molecule has 9 nitrogen and oxygen atoms in total. The number of nitrogens with one attached hydrogen (secondary N) is 2. The molecule has 0 bridgehead atoms. The van der Waals surface area contributed by atoms with Gasteiger partial charge in [-0.15, -0.1) is 0 Å². The second-order valence-corrected chi connectivity index (χ2v) is 5.43. The fourth-order valence-electron chi connectivity index (χ4n) is 2.14. The second-order valence-electron chi connectivity index (χ2n) is 5.43. The molecule has 0 fully saturated rings. The zero-order chi connectivity index (χ0) is 19.6. The van der Waals surface area contributed by atoms with E-state index in [0.717, 1.165) is 29.1 Å². The van der Waals surface area contributed by atoms with Crippen LogP contribution in [0.2, 0.25) is 0 Å². The maximum absolute atomic E-state index is 9.00. The van der Waals surface area contributed by atoms with Gasteiger partial charge in [-0.25, -0.2) is 4.98 Å². The van der Waals surface area contributed by atoms with Crippen LogP contribution in [0.25, 0.3) is 10.9 Å². The van der Waals surface area contributed by atoms with Crippen LogP contribution in [0.3, 0.4) is 0 Å². The number of aliphatic carboxylic acids is 1. The zero-order valence-corrected chi connectivity index (χ0v) is 14.7. The molecule has 2 aromatic heterocycles. The van der Waals surface area contributed by atoms with Gasteiger partial charge in [0.25, 0.3) is 5.97 Å². The summed E-state index contributed by atoms with van der Waals surface area (Å²) in [5.74, 6) is 6.16. The molecule has 0 spiro atoms. The predicted molar refractivity (Wildman–Crippen MR) is 102 cm³/mol. The Labute approximate surface area is 155 Å². The van der Waals surface area contributed by atoms with Crippen molar-refractivity contribution in [2.24, 2.45) is 0 Å². The van der Waals surface area contributed by atoms with Crippen molar-refractivity contribution in [2.45, 2.75) is 19.8 Å². The number of aromatic amines is 1. The third kappa shape index (κ3) is 6.30. The zero-order valence-electron chi connectivity index (χ0n) is 14.7. The van der Waals surface area contributed by atoms with Crippen molar-refractivity contribution >= 4 is 34.3 Å². The molecule has 3 rings (SSSR count). The predicted octanol–water partition coefficient (Wildman–Crippen LogP) is 1.89. The number of aromatic nitrogens is 4. The quantitative estimate of drug-likeness (QED) is 0.346. The highest BCUT2D eigenvalue weighted by Crippen LogP contribution is 2.24. The number of carboxylic acid groups (broad SMARTS) is 1. The summed E-state index contributed by atoms with van der Waals surface area (Å²) in [4.78, 5) is 17.0. The number of nitrogen functional groups attached to an aromatic ring is 1. The summed E-state index contributed by atoms with van der Waals surface area (Å²) in [7, 11) is 0. The van der Waals surface area contributed by atoms with E-state index in [9.17, 15) is 0 Å². The van der Waals surface area contributed by atoms with Crippen molar-refractivity contribution < 1.29 is 15.0 Å². The Bertz CT molecular complexity index is 970. The summed E-state index contributed by atoms with van der Waals surface area (Å²) < 4.78 is 0. The highest BCUT2D eigenvalue weighted by molar-refractivity contribution is 5.88. The van der Waals surface area contributed by atoms with Crippen molar-refractivity contribution in [3.63, 3.8) is 0 Å². The molecule has 27 heavy (non-hydrogen) atoms. The number of nitrogens with two attached hydrogens (primary N) is 1. The van der Waals surface area contributed by atoms with Gasteiger partial charge in [0.1, 0.15) is 5.82 Å². The average molecular weight is 368 g/mol. The molecule has 2 heterocycles. The third-order valence-electron chi connectivity index (χ3n) is 3.18. The highest BCUT2D eigenvalue weighted by atomic mass is 16.4. The van der Waals surface area contributed by atoms with E-state index in [-0.39, 0.29) is 12.6 Å². The van der Waals surface area contributed by atoms with Crippen molar-refractivity contribution in [1.29, 1.82) is 0 Å². The fraction of sp³-hybridized carbons (Fsp3) is 0.222. The van der Waals surface area contributed by atoms with Crippen molar-refractivity contribution in [3.8, 4) is 11.8 Å². The number of H-pyrrole nitrogens is 1. The minimum Gasteiger partial charge on any atom is -0.481 e. The molecule has 0 saturated carbocycles. The molecular formula is C18H20N6O3. The van der Waals surface area contributed by atoms with Gasteiger partial charge in [-0.05, 0) is 24.6 Å². The first kappa shape index (κ1) is 19.7. The minimum absolute atomic E-state index is 0.144. The van der Waals surface area contributed by atoms with Crippen LogP contribution in [-0.4, -0.2) is 43.0 Å². The average Bonchev–Trinajstić information content (AvgIpc) is 3.07. The molecule has 0 saturated heterocycles. The molecular weight excluding hydrogens is 348 g/mol. The lowest BCUT2D eigenvalue weighted by Gasteiger charge is -2.07. The number of hydrogen-bond donors (Lipinski definition) is 5. The summed E-state index contributed by atoms with van der Waals surface area (Å²) in [6.07, 6.45) is 4.65. The minimum atomic E-state index is -0.833. The van der Waals surface area contributed by atoms with Gasteiger partial charge in [-0.1, -0.05) is 11.8 Å². The van der Waals surface area contributed by atoms with Gasteiger partial charge in [-0.2, -0.15) is 10.1 Å². The summed E-state index contributed by atoms with van der Waals surface area (Å²) >= 11 is 0. The Morgan fingerprint density at radius 1 is 1.41 bits per heavy atom. The van der Waals surface area contributed by atoms with E-state index >= 15 is 0 Å². The van der Waals surface area contributed by atoms with Gasteiger partial charge in [0.2, 0.25) is 5.95 Å². The number of unbranched alkanes of at least 4 members (excludes halogenated alkanes) is 1. The lowest BCUT2D eigenvalue weighted by Crippen LogP contribution is -1.99. The van der Waals surface area contributed by atoms with Crippen LogP contribution >= 0.6 is 0 Å². The van der Waals surface area contributed by atoms with Crippen LogP contribution in [0.15, 0.2) is 30.6 Å². The Morgan fingerprint density at radius 3 is 2.89 bits per heavy atom. The van der Waals surface area contributed by atoms with Gasteiger partial charge >= 0.3 is 0 Å². The molecule has 0 aliphatic heterocycles. The number of rotatable bonds is 4. The van der Waals surface area contributed by atoms with E-state index in [1.165, 1.54) is 0 Å². The topological polar surface area (TPSA) is 150 Å². The van der Waals surface area contributed by atoms with Gasteiger partial charge in [0.15, 0.2) is 0 Å².